The molecule has 0 aliphatic carbocycles. The maximum atomic E-state index is 13.0. The van der Waals surface area contributed by atoms with E-state index in [0.29, 0.717) is 0 Å². The summed E-state index contributed by atoms with van der Waals surface area (Å²) < 4.78 is 27.1. The number of aryl methyl sites for hydroxylation is 1. The Morgan fingerprint density at radius 2 is 1.62 bits per heavy atom. The van der Waals surface area contributed by atoms with E-state index in [-0.39, 0.29) is 29.3 Å². The van der Waals surface area contributed by atoms with Crippen molar-refractivity contribution in [3.05, 3.63) is 78.0 Å². The summed E-state index contributed by atoms with van der Waals surface area (Å²) in [4.78, 5) is 12.2. The van der Waals surface area contributed by atoms with E-state index in [2.05, 4.69) is 6.58 Å². The van der Waals surface area contributed by atoms with Gasteiger partial charge in [-0.05, 0) is 24.6 Å². The number of sulfonamides is 1. The topological polar surface area (TPSA) is 54.5 Å². The molecule has 2 aromatic carbocycles. The van der Waals surface area contributed by atoms with Crippen molar-refractivity contribution in [3.8, 4) is 0 Å². The molecule has 5 heteroatoms. The number of hydrogen-bond donors (Lipinski definition) is 0. The van der Waals surface area contributed by atoms with Crippen molar-refractivity contribution in [2.45, 2.75) is 31.7 Å². The lowest BCUT2D eigenvalue weighted by molar-refractivity contribution is -0.116. The second kappa shape index (κ2) is 7.45. The molecule has 0 amide bonds. The van der Waals surface area contributed by atoms with Gasteiger partial charge in [0.1, 0.15) is 0 Å². The fourth-order valence-electron chi connectivity index (χ4n) is 2.26. The highest BCUT2D eigenvalue weighted by atomic mass is 32.2. The summed E-state index contributed by atoms with van der Waals surface area (Å²) in [6, 6.07) is 15.7. The lowest BCUT2D eigenvalue weighted by Gasteiger charge is -2.25. The van der Waals surface area contributed by atoms with E-state index < -0.39 is 10.0 Å². The normalized spacial score (nSPS) is 11.1. The lowest BCUT2D eigenvalue weighted by atomic mass is 10.2. The van der Waals surface area contributed by atoms with E-state index in [1.165, 1.54) is 0 Å². The second-order valence-electron chi connectivity index (χ2n) is 5.53. The Bertz CT molecular complexity index is 825. The van der Waals surface area contributed by atoms with Gasteiger partial charge in [0.05, 0.1) is 17.1 Å². The molecule has 0 saturated carbocycles. The predicted octanol–water partition coefficient (Wildman–Crippen LogP) is 3.68. The van der Waals surface area contributed by atoms with Crippen LogP contribution in [0.3, 0.4) is 0 Å². The summed E-state index contributed by atoms with van der Waals surface area (Å²) in [6.45, 7) is 7.37. The Labute approximate surface area is 143 Å². The number of ketones is 1. The van der Waals surface area contributed by atoms with E-state index in [4.69, 9.17) is 0 Å². The summed E-state index contributed by atoms with van der Waals surface area (Å²) in [6.07, 6.45) is 0.202. The van der Waals surface area contributed by atoms with Crippen molar-refractivity contribution in [3.63, 3.8) is 0 Å². The standard InChI is InChI=1S/C19H21NO3S/c1-4-19(21)16(3)20(14-17-8-6-5-7-9-17)24(22,23)18-12-10-15(2)11-13-18/h5-13H,3-4,14H2,1-2H3. The molecule has 0 bridgehead atoms. The summed E-state index contributed by atoms with van der Waals surface area (Å²) >= 11 is 0. The van der Waals surface area contributed by atoms with E-state index in [0.717, 1.165) is 15.4 Å². The summed E-state index contributed by atoms with van der Waals surface area (Å²) in [5.41, 5.74) is 1.74. The van der Waals surface area contributed by atoms with Crippen LogP contribution in [-0.4, -0.2) is 18.5 Å². The summed E-state index contributed by atoms with van der Waals surface area (Å²) in [5.74, 6) is -0.290. The van der Waals surface area contributed by atoms with Crippen molar-refractivity contribution in [1.82, 2.24) is 4.31 Å². The molecule has 0 N–H and O–H groups in total. The molecule has 0 saturated heterocycles. The predicted molar refractivity (Wildman–Crippen MR) is 94.8 cm³/mol. The first-order chi connectivity index (χ1) is 11.4. The van der Waals surface area contributed by atoms with Crippen molar-refractivity contribution in [2.75, 3.05) is 0 Å². The smallest absolute Gasteiger partial charge is 0.264 e. The highest BCUT2D eigenvalue weighted by Gasteiger charge is 2.28. The number of nitrogens with zero attached hydrogens (tertiary/aromatic N) is 1. The average Bonchev–Trinajstić information content (AvgIpc) is 2.59. The largest absolute Gasteiger partial charge is 0.293 e. The van der Waals surface area contributed by atoms with Gasteiger partial charge in [-0.1, -0.05) is 61.5 Å². The summed E-state index contributed by atoms with van der Waals surface area (Å²) in [5, 5.41) is 0. The van der Waals surface area contributed by atoms with E-state index in [1.54, 1.807) is 31.2 Å². The molecule has 0 heterocycles. The third-order valence-electron chi connectivity index (χ3n) is 3.72. The molecule has 126 valence electrons. The zero-order valence-electron chi connectivity index (χ0n) is 13.9. The van der Waals surface area contributed by atoms with Gasteiger partial charge in [0, 0.05) is 6.42 Å². The van der Waals surface area contributed by atoms with Gasteiger partial charge in [-0.15, -0.1) is 0 Å². The number of rotatable bonds is 7. The first kappa shape index (κ1) is 17.9. The van der Waals surface area contributed by atoms with Crippen LogP contribution in [0.25, 0.3) is 0 Å². The molecule has 0 aliphatic rings. The SMILES string of the molecule is C=C(C(=O)CC)N(Cc1ccccc1)S(=O)(=O)c1ccc(C)cc1. The number of carbonyl (C=O) groups is 1. The van der Waals surface area contributed by atoms with Gasteiger partial charge in [0.25, 0.3) is 10.0 Å². The molecule has 2 rings (SSSR count). The highest BCUT2D eigenvalue weighted by Crippen LogP contribution is 2.23. The molecule has 0 aromatic heterocycles. The minimum absolute atomic E-state index is 0.0121. The van der Waals surface area contributed by atoms with Gasteiger partial charge in [-0.3, -0.25) is 9.10 Å². The van der Waals surface area contributed by atoms with Gasteiger partial charge < -0.3 is 0 Å². The van der Waals surface area contributed by atoms with E-state index >= 15 is 0 Å². The first-order valence-electron chi connectivity index (χ1n) is 7.71. The fraction of sp³-hybridized carbons (Fsp3) is 0.211. The van der Waals surface area contributed by atoms with Gasteiger partial charge in [0.2, 0.25) is 0 Å². The van der Waals surface area contributed by atoms with Crippen molar-refractivity contribution < 1.29 is 13.2 Å². The first-order valence-corrected chi connectivity index (χ1v) is 9.15. The lowest BCUT2D eigenvalue weighted by Crippen LogP contribution is -2.32. The maximum Gasteiger partial charge on any atom is 0.264 e. The van der Waals surface area contributed by atoms with Crippen molar-refractivity contribution in [2.24, 2.45) is 0 Å². The van der Waals surface area contributed by atoms with Crippen LogP contribution in [0.5, 0.6) is 0 Å². The Morgan fingerprint density at radius 1 is 1.04 bits per heavy atom. The van der Waals surface area contributed by atoms with Crippen molar-refractivity contribution in [1.29, 1.82) is 0 Å². The van der Waals surface area contributed by atoms with Crippen LogP contribution in [0.1, 0.15) is 24.5 Å². The van der Waals surface area contributed by atoms with Crippen LogP contribution in [0.4, 0.5) is 0 Å². The second-order valence-corrected chi connectivity index (χ2v) is 7.40. The molecule has 4 nitrogen and oxygen atoms in total. The number of allylic oxidation sites excluding steroid dienone is 1. The van der Waals surface area contributed by atoms with Crippen LogP contribution < -0.4 is 0 Å². The molecule has 2 aromatic rings. The molecular weight excluding hydrogens is 322 g/mol. The van der Waals surface area contributed by atoms with Gasteiger partial charge in [-0.2, -0.15) is 0 Å². The third kappa shape index (κ3) is 3.92. The Hall–Kier alpha value is -2.40. The average molecular weight is 343 g/mol. The third-order valence-corrected chi connectivity index (χ3v) is 5.52. The fourth-order valence-corrected chi connectivity index (χ4v) is 3.70. The minimum atomic E-state index is -3.86. The van der Waals surface area contributed by atoms with Gasteiger partial charge >= 0.3 is 0 Å². The molecular formula is C19H21NO3S. The monoisotopic (exact) mass is 343 g/mol. The number of carbonyl (C=O) groups excluding carboxylic acids is 1. The Morgan fingerprint density at radius 3 is 2.17 bits per heavy atom. The van der Waals surface area contributed by atoms with Crippen LogP contribution in [-0.2, 0) is 21.4 Å². The van der Waals surface area contributed by atoms with Crippen LogP contribution in [0.2, 0.25) is 0 Å². The highest BCUT2D eigenvalue weighted by molar-refractivity contribution is 7.89. The quantitative estimate of drug-likeness (QED) is 0.721. The van der Waals surface area contributed by atoms with Gasteiger partial charge in [-0.25, -0.2) is 8.42 Å². The molecule has 0 fully saturated rings. The number of Topliss-reactive ketones (excluding diaryl/α,β-unsaturated/α-hetero) is 1. The Balaban J connectivity index is 2.46. The molecule has 0 spiro atoms. The number of hydrogen-bond acceptors (Lipinski definition) is 3. The Kier molecular flexibility index (Phi) is 5.57. The molecule has 24 heavy (non-hydrogen) atoms. The molecule has 0 aliphatic heterocycles. The van der Waals surface area contributed by atoms with Crippen LogP contribution >= 0.6 is 0 Å². The maximum absolute atomic E-state index is 13.0. The van der Waals surface area contributed by atoms with Gasteiger partial charge in [0.15, 0.2) is 5.78 Å². The van der Waals surface area contributed by atoms with Crippen LogP contribution in [0.15, 0.2) is 71.8 Å². The zero-order valence-corrected chi connectivity index (χ0v) is 14.7. The van der Waals surface area contributed by atoms with Crippen LogP contribution in [0, 0.1) is 6.92 Å². The van der Waals surface area contributed by atoms with E-state index in [1.807, 2.05) is 37.3 Å². The molecule has 0 unspecified atom stereocenters. The zero-order chi connectivity index (χ0) is 17.7. The number of benzene rings is 2. The molecule has 0 radical (unpaired) electrons. The summed E-state index contributed by atoms with van der Waals surface area (Å²) in [7, 11) is -3.86. The minimum Gasteiger partial charge on any atom is -0.293 e. The van der Waals surface area contributed by atoms with Crippen molar-refractivity contribution >= 4 is 15.8 Å². The van der Waals surface area contributed by atoms with E-state index in [9.17, 15) is 13.2 Å². The molecule has 0 atom stereocenters.